The molecule has 0 fully saturated rings. The van der Waals surface area contributed by atoms with E-state index < -0.39 is 0 Å². The van der Waals surface area contributed by atoms with Crippen molar-refractivity contribution in [2.45, 2.75) is 57.5 Å². The minimum atomic E-state index is 0.102. The summed E-state index contributed by atoms with van der Waals surface area (Å²) in [5, 5.41) is 1.82. The molecular weight excluding hydrogens is 350 g/mol. The maximum atomic E-state index is 13.1. The number of thioether (sulfide) groups is 1. The lowest BCUT2D eigenvalue weighted by molar-refractivity contribution is 0.557. The minimum Gasteiger partial charge on any atom is -0.287 e. The maximum absolute atomic E-state index is 13.1. The summed E-state index contributed by atoms with van der Waals surface area (Å²) < 4.78 is 1.87. The van der Waals surface area contributed by atoms with E-state index >= 15 is 0 Å². The Hall–Kier alpha value is -1.66. The second-order valence-corrected chi connectivity index (χ2v) is 8.72. The average molecular weight is 374 g/mol. The summed E-state index contributed by atoms with van der Waals surface area (Å²) in [6.07, 6.45) is 5.64. The Morgan fingerprint density at radius 3 is 2.68 bits per heavy atom. The number of hydrogen-bond donors (Lipinski definition) is 0. The zero-order valence-electron chi connectivity index (χ0n) is 15.1. The van der Waals surface area contributed by atoms with E-state index in [4.69, 9.17) is 4.98 Å². The first-order valence-electron chi connectivity index (χ1n) is 8.60. The van der Waals surface area contributed by atoms with Crippen molar-refractivity contribution in [3.63, 3.8) is 0 Å². The van der Waals surface area contributed by atoms with E-state index in [1.165, 1.54) is 10.4 Å². The summed E-state index contributed by atoms with van der Waals surface area (Å²) in [5.74, 6) is 0. The molecule has 0 spiro atoms. The molecule has 0 N–H and O–H groups in total. The number of hydrogen-bond acceptors (Lipinski definition) is 5. The van der Waals surface area contributed by atoms with Crippen molar-refractivity contribution in [1.82, 2.24) is 14.5 Å². The van der Waals surface area contributed by atoms with E-state index in [0.29, 0.717) is 0 Å². The number of thiophene rings is 1. The van der Waals surface area contributed by atoms with E-state index in [1.54, 1.807) is 35.5 Å². The predicted octanol–water partition coefficient (Wildman–Crippen LogP) is 5.12. The van der Waals surface area contributed by atoms with Crippen LogP contribution in [0.4, 0.5) is 0 Å². The monoisotopic (exact) mass is 373 g/mol. The average Bonchev–Trinajstić information content (AvgIpc) is 2.89. The van der Waals surface area contributed by atoms with Gasteiger partial charge in [-0.15, -0.1) is 11.3 Å². The van der Waals surface area contributed by atoms with Crippen LogP contribution in [0.3, 0.4) is 0 Å². The summed E-state index contributed by atoms with van der Waals surface area (Å²) in [6.45, 7) is 9.09. The molecule has 132 valence electrons. The number of fused-ring (bicyclic) bond motifs is 1. The number of nitrogens with zero attached hydrogens (tertiary/aromatic N) is 3. The highest BCUT2D eigenvalue weighted by molar-refractivity contribution is 7.99. The number of unbranched alkanes of at least 4 members (excludes halogenated alkanes) is 1. The topological polar surface area (TPSA) is 47.8 Å². The van der Waals surface area contributed by atoms with Gasteiger partial charge in [0.05, 0.1) is 5.39 Å². The lowest BCUT2D eigenvalue weighted by atomic mass is 10.2. The van der Waals surface area contributed by atoms with Crippen molar-refractivity contribution in [3.05, 3.63) is 50.9 Å². The van der Waals surface area contributed by atoms with Crippen LogP contribution in [-0.4, -0.2) is 14.5 Å². The molecule has 0 bridgehead atoms. The highest BCUT2D eigenvalue weighted by Gasteiger charge is 2.18. The normalized spacial score (nSPS) is 12.6. The molecule has 25 heavy (non-hydrogen) atoms. The third-order valence-corrected chi connectivity index (χ3v) is 6.70. The second kappa shape index (κ2) is 7.70. The van der Waals surface area contributed by atoms with Crippen molar-refractivity contribution in [1.29, 1.82) is 0 Å². The molecule has 0 aliphatic heterocycles. The highest BCUT2D eigenvalue weighted by atomic mass is 32.2. The molecule has 0 aromatic carbocycles. The molecule has 6 heteroatoms. The Kier molecular flexibility index (Phi) is 5.59. The minimum absolute atomic E-state index is 0.102. The summed E-state index contributed by atoms with van der Waals surface area (Å²) in [4.78, 5) is 24.1. The molecular formula is C19H23N3OS2. The van der Waals surface area contributed by atoms with E-state index in [1.807, 2.05) is 23.6 Å². The van der Waals surface area contributed by atoms with Crippen LogP contribution in [0.2, 0.25) is 0 Å². The molecule has 0 amide bonds. The highest BCUT2D eigenvalue weighted by Crippen LogP contribution is 2.35. The SMILES string of the molecule is CCCCn1c(SC(C)c2ccncc2)nc2sc(C)c(C)c2c1=O. The van der Waals surface area contributed by atoms with Gasteiger partial charge in [-0.05, 0) is 50.5 Å². The van der Waals surface area contributed by atoms with E-state index in [0.717, 1.165) is 40.3 Å². The Balaban J connectivity index is 2.07. The summed E-state index contributed by atoms with van der Waals surface area (Å²) >= 11 is 3.26. The Morgan fingerprint density at radius 2 is 2.00 bits per heavy atom. The molecule has 0 radical (unpaired) electrons. The van der Waals surface area contributed by atoms with Crippen LogP contribution >= 0.6 is 23.1 Å². The Bertz CT molecular complexity index is 931. The van der Waals surface area contributed by atoms with E-state index in [2.05, 4.69) is 25.8 Å². The van der Waals surface area contributed by atoms with Crippen LogP contribution in [0.1, 0.15) is 47.9 Å². The number of pyridine rings is 1. The molecule has 1 atom stereocenters. The fourth-order valence-corrected chi connectivity index (χ4v) is 4.91. The van der Waals surface area contributed by atoms with Gasteiger partial charge in [0, 0.05) is 29.1 Å². The molecule has 4 nitrogen and oxygen atoms in total. The molecule has 3 aromatic rings. The first kappa shape index (κ1) is 18.1. The van der Waals surface area contributed by atoms with Gasteiger partial charge in [-0.25, -0.2) is 4.98 Å². The van der Waals surface area contributed by atoms with Crippen molar-refractivity contribution in [2.75, 3.05) is 0 Å². The Labute approximate surface area is 156 Å². The molecule has 3 heterocycles. The van der Waals surface area contributed by atoms with Crippen LogP contribution < -0.4 is 5.56 Å². The third kappa shape index (κ3) is 3.65. The number of aromatic nitrogens is 3. The fourth-order valence-electron chi connectivity index (χ4n) is 2.77. The molecule has 1 unspecified atom stereocenters. The molecule has 3 rings (SSSR count). The number of aryl methyl sites for hydroxylation is 2. The smallest absolute Gasteiger partial charge is 0.263 e. The lowest BCUT2D eigenvalue weighted by Crippen LogP contribution is -2.23. The van der Waals surface area contributed by atoms with Gasteiger partial charge in [0.1, 0.15) is 4.83 Å². The van der Waals surface area contributed by atoms with Crippen molar-refractivity contribution in [3.8, 4) is 0 Å². The van der Waals surface area contributed by atoms with Crippen LogP contribution in [-0.2, 0) is 6.54 Å². The van der Waals surface area contributed by atoms with Gasteiger partial charge in [0.15, 0.2) is 5.16 Å². The van der Waals surface area contributed by atoms with Gasteiger partial charge in [-0.1, -0.05) is 25.1 Å². The van der Waals surface area contributed by atoms with Crippen molar-refractivity contribution < 1.29 is 0 Å². The van der Waals surface area contributed by atoms with Crippen LogP contribution in [0.5, 0.6) is 0 Å². The quantitative estimate of drug-likeness (QED) is 0.444. The molecule has 3 aromatic heterocycles. The maximum Gasteiger partial charge on any atom is 0.263 e. The largest absolute Gasteiger partial charge is 0.287 e. The lowest BCUT2D eigenvalue weighted by Gasteiger charge is -2.15. The molecule has 0 saturated heterocycles. The van der Waals surface area contributed by atoms with Crippen molar-refractivity contribution >= 4 is 33.3 Å². The predicted molar refractivity (Wildman–Crippen MR) is 107 cm³/mol. The van der Waals surface area contributed by atoms with Gasteiger partial charge in [0.25, 0.3) is 5.56 Å². The summed E-state index contributed by atoms with van der Waals surface area (Å²) in [6, 6.07) is 4.04. The van der Waals surface area contributed by atoms with Crippen LogP contribution in [0.15, 0.2) is 34.5 Å². The van der Waals surface area contributed by atoms with Crippen molar-refractivity contribution in [2.24, 2.45) is 0 Å². The molecule has 0 saturated carbocycles. The number of rotatable bonds is 6. The van der Waals surface area contributed by atoms with Gasteiger partial charge in [0.2, 0.25) is 0 Å². The first-order valence-corrected chi connectivity index (χ1v) is 10.3. The van der Waals surface area contributed by atoms with Crippen LogP contribution in [0, 0.1) is 13.8 Å². The standard InChI is InChI=1S/C19H23N3OS2/c1-5-6-11-22-18(23)16-12(2)13(3)24-17(16)21-19(22)25-14(4)15-7-9-20-10-8-15/h7-10,14H,5-6,11H2,1-4H3. The van der Waals surface area contributed by atoms with Gasteiger partial charge < -0.3 is 0 Å². The Morgan fingerprint density at radius 1 is 1.28 bits per heavy atom. The summed E-state index contributed by atoms with van der Waals surface area (Å²) in [5.41, 5.74) is 2.36. The van der Waals surface area contributed by atoms with E-state index in [9.17, 15) is 4.79 Å². The molecule has 0 aliphatic carbocycles. The van der Waals surface area contributed by atoms with Crippen LogP contribution in [0.25, 0.3) is 10.2 Å². The summed E-state index contributed by atoms with van der Waals surface area (Å²) in [7, 11) is 0. The second-order valence-electron chi connectivity index (χ2n) is 6.21. The zero-order valence-corrected chi connectivity index (χ0v) is 16.7. The zero-order chi connectivity index (χ0) is 18.0. The van der Waals surface area contributed by atoms with Gasteiger partial charge in [-0.2, -0.15) is 0 Å². The van der Waals surface area contributed by atoms with E-state index in [-0.39, 0.29) is 10.8 Å². The first-order chi connectivity index (χ1) is 12.0. The third-order valence-electron chi connectivity index (χ3n) is 4.45. The fraction of sp³-hybridized carbons (Fsp3) is 0.421. The molecule has 0 aliphatic rings. The van der Waals surface area contributed by atoms with Gasteiger partial charge >= 0.3 is 0 Å². The van der Waals surface area contributed by atoms with Gasteiger partial charge in [-0.3, -0.25) is 14.3 Å².